The van der Waals surface area contributed by atoms with Crippen molar-refractivity contribution < 1.29 is 19.8 Å². The number of allylic oxidation sites excluding steroid dienone is 1. The largest absolute Gasteiger partial charge is 0.481 e. The molecular formula is C20H26O4. The van der Waals surface area contributed by atoms with Crippen LogP contribution < -0.4 is 0 Å². The summed E-state index contributed by atoms with van der Waals surface area (Å²) in [5.41, 5.74) is 2.94. The van der Waals surface area contributed by atoms with Gasteiger partial charge in [-0.25, -0.2) is 0 Å². The van der Waals surface area contributed by atoms with Gasteiger partial charge in [0.25, 0.3) is 0 Å². The zero-order chi connectivity index (χ0) is 17.4. The molecule has 0 heterocycles. The highest BCUT2D eigenvalue weighted by molar-refractivity contribution is 5.99. The first kappa shape index (κ1) is 18.4. The molecule has 0 saturated carbocycles. The fourth-order valence-corrected chi connectivity index (χ4v) is 3.27. The summed E-state index contributed by atoms with van der Waals surface area (Å²) in [7, 11) is 0. The molecule has 0 aliphatic heterocycles. The van der Waals surface area contributed by atoms with Crippen LogP contribution in [0.2, 0.25) is 0 Å². The first-order valence-corrected chi connectivity index (χ1v) is 8.77. The second-order valence-electron chi connectivity index (χ2n) is 6.44. The van der Waals surface area contributed by atoms with Gasteiger partial charge in [0.05, 0.1) is 6.10 Å². The van der Waals surface area contributed by atoms with Crippen molar-refractivity contribution in [1.82, 2.24) is 0 Å². The van der Waals surface area contributed by atoms with Crippen molar-refractivity contribution in [1.29, 1.82) is 0 Å². The number of hydrogen-bond donors (Lipinski definition) is 2. The number of ketones is 1. The third-order valence-corrected chi connectivity index (χ3v) is 4.60. The van der Waals surface area contributed by atoms with Crippen molar-refractivity contribution in [2.24, 2.45) is 0 Å². The maximum Gasteiger partial charge on any atom is 0.303 e. The molecule has 0 saturated heterocycles. The summed E-state index contributed by atoms with van der Waals surface area (Å²) in [5, 5.41) is 18.8. The number of carboxylic acid groups (broad SMARTS) is 1. The number of aliphatic carboxylic acids is 1. The van der Waals surface area contributed by atoms with E-state index in [1.807, 2.05) is 18.2 Å². The van der Waals surface area contributed by atoms with E-state index in [-0.39, 0.29) is 18.6 Å². The lowest BCUT2D eigenvalue weighted by atomic mass is 9.97. The number of carbonyl (C=O) groups excluding carboxylic acids is 1. The van der Waals surface area contributed by atoms with Crippen LogP contribution in [0.25, 0.3) is 0 Å². The van der Waals surface area contributed by atoms with E-state index >= 15 is 0 Å². The van der Waals surface area contributed by atoms with Crippen molar-refractivity contribution >= 4 is 11.8 Å². The van der Waals surface area contributed by atoms with E-state index in [1.165, 1.54) is 5.56 Å². The Balaban J connectivity index is 1.84. The maximum absolute atomic E-state index is 12.1. The lowest BCUT2D eigenvalue weighted by molar-refractivity contribution is -0.137. The molecule has 1 unspecified atom stereocenters. The molecular weight excluding hydrogens is 304 g/mol. The molecule has 1 aromatic rings. The Morgan fingerprint density at radius 1 is 1.00 bits per heavy atom. The molecule has 0 amide bonds. The molecule has 4 nitrogen and oxygen atoms in total. The van der Waals surface area contributed by atoms with Gasteiger partial charge in [0, 0.05) is 12.8 Å². The standard InChI is InChI=1S/C20H26O4/c21-18-14-19(22)17(13-12-15-8-4-3-5-9-15)16(18)10-6-1-2-7-11-20(23)24/h3-5,8-9,19,22H,1-2,6-7,10-14H2,(H,23,24). The van der Waals surface area contributed by atoms with Gasteiger partial charge in [0.1, 0.15) is 0 Å². The number of benzene rings is 1. The van der Waals surface area contributed by atoms with E-state index < -0.39 is 12.1 Å². The van der Waals surface area contributed by atoms with Crippen molar-refractivity contribution in [3.8, 4) is 0 Å². The summed E-state index contributed by atoms with van der Waals surface area (Å²) >= 11 is 0. The molecule has 1 aliphatic rings. The zero-order valence-corrected chi connectivity index (χ0v) is 14.0. The lowest BCUT2D eigenvalue weighted by Crippen LogP contribution is -2.07. The smallest absolute Gasteiger partial charge is 0.303 e. The SMILES string of the molecule is O=C(O)CCCCCCC1=C(CCc2ccccc2)C(O)CC1=O. The van der Waals surface area contributed by atoms with E-state index in [1.54, 1.807) is 0 Å². The third-order valence-electron chi connectivity index (χ3n) is 4.60. The fraction of sp³-hybridized carbons (Fsp3) is 0.500. The summed E-state index contributed by atoms with van der Waals surface area (Å²) in [6, 6.07) is 10.1. The summed E-state index contributed by atoms with van der Waals surface area (Å²) in [6.45, 7) is 0. The van der Waals surface area contributed by atoms with Gasteiger partial charge in [0.15, 0.2) is 5.78 Å². The molecule has 1 atom stereocenters. The van der Waals surface area contributed by atoms with E-state index in [9.17, 15) is 14.7 Å². The highest BCUT2D eigenvalue weighted by Gasteiger charge is 2.29. The number of carboxylic acids is 1. The molecule has 4 heteroatoms. The number of unbranched alkanes of at least 4 members (excludes halogenated alkanes) is 3. The van der Waals surface area contributed by atoms with E-state index in [4.69, 9.17) is 5.11 Å². The van der Waals surface area contributed by atoms with Crippen molar-refractivity contribution in [3.05, 3.63) is 47.0 Å². The van der Waals surface area contributed by atoms with Crippen LogP contribution in [0.4, 0.5) is 0 Å². The molecule has 0 bridgehead atoms. The minimum absolute atomic E-state index is 0.0797. The maximum atomic E-state index is 12.1. The molecule has 0 aromatic heterocycles. The summed E-state index contributed by atoms with van der Waals surface area (Å²) < 4.78 is 0. The molecule has 0 spiro atoms. The number of aliphatic hydroxyl groups is 1. The van der Waals surface area contributed by atoms with Gasteiger partial charge in [-0.1, -0.05) is 43.2 Å². The van der Waals surface area contributed by atoms with Gasteiger partial charge < -0.3 is 10.2 Å². The molecule has 24 heavy (non-hydrogen) atoms. The van der Waals surface area contributed by atoms with Crippen LogP contribution in [0.15, 0.2) is 41.5 Å². The minimum atomic E-state index is -0.755. The topological polar surface area (TPSA) is 74.6 Å². The number of Topliss-reactive ketones (excluding diaryl/α,β-unsaturated/α-hetero) is 1. The number of aliphatic hydroxyl groups excluding tert-OH is 1. The zero-order valence-electron chi connectivity index (χ0n) is 14.0. The monoisotopic (exact) mass is 330 g/mol. The summed E-state index contributed by atoms with van der Waals surface area (Å²) in [5.74, 6) is -0.675. The van der Waals surface area contributed by atoms with Gasteiger partial charge in [-0.15, -0.1) is 0 Å². The quantitative estimate of drug-likeness (QED) is 0.642. The highest BCUT2D eigenvalue weighted by atomic mass is 16.4. The Labute approximate surface area is 143 Å². The van der Waals surface area contributed by atoms with Crippen LogP contribution in [0, 0.1) is 0 Å². The molecule has 1 aromatic carbocycles. The van der Waals surface area contributed by atoms with Gasteiger partial charge in [-0.2, -0.15) is 0 Å². The van der Waals surface area contributed by atoms with Crippen LogP contribution in [-0.2, 0) is 16.0 Å². The van der Waals surface area contributed by atoms with Crippen LogP contribution in [-0.4, -0.2) is 28.1 Å². The van der Waals surface area contributed by atoms with Gasteiger partial charge >= 0.3 is 5.97 Å². The van der Waals surface area contributed by atoms with Crippen LogP contribution >= 0.6 is 0 Å². The average molecular weight is 330 g/mol. The fourth-order valence-electron chi connectivity index (χ4n) is 3.27. The Bertz CT molecular complexity index is 589. The van der Waals surface area contributed by atoms with E-state index in [0.29, 0.717) is 12.8 Å². The molecule has 0 fully saturated rings. The number of carbonyl (C=O) groups is 2. The summed E-state index contributed by atoms with van der Waals surface area (Å²) in [4.78, 5) is 22.6. The highest BCUT2D eigenvalue weighted by Crippen LogP contribution is 2.31. The predicted molar refractivity (Wildman–Crippen MR) is 92.8 cm³/mol. The van der Waals surface area contributed by atoms with Crippen LogP contribution in [0.3, 0.4) is 0 Å². The van der Waals surface area contributed by atoms with Gasteiger partial charge in [0.2, 0.25) is 0 Å². The van der Waals surface area contributed by atoms with Crippen molar-refractivity contribution in [2.75, 3.05) is 0 Å². The normalized spacial score (nSPS) is 17.5. The van der Waals surface area contributed by atoms with Crippen molar-refractivity contribution in [3.63, 3.8) is 0 Å². The average Bonchev–Trinajstić information content (AvgIpc) is 2.83. The van der Waals surface area contributed by atoms with E-state index in [0.717, 1.165) is 43.3 Å². The molecule has 1 aliphatic carbocycles. The Kier molecular flexibility index (Phi) is 7.19. The Morgan fingerprint density at radius 2 is 1.71 bits per heavy atom. The Hall–Kier alpha value is -1.94. The lowest BCUT2D eigenvalue weighted by Gasteiger charge is -2.10. The molecule has 130 valence electrons. The first-order valence-electron chi connectivity index (χ1n) is 8.77. The number of rotatable bonds is 10. The first-order chi connectivity index (χ1) is 11.6. The minimum Gasteiger partial charge on any atom is -0.481 e. The molecule has 0 radical (unpaired) electrons. The third kappa shape index (κ3) is 5.60. The van der Waals surface area contributed by atoms with Crippen LogP contribution in [0.5, 0.6) is 0 Å². The predicted octanol–water partition coefficient (Wildman–Crippen LogP) is 3.67. The summed E-state index contributed by atoms with van der Waals surface area (Å²) in [6.07, 6.45) is 5.43. The van der Waals surface area contributed by atoms with Gasteiger partial charge in [-0.05, 0) is 48.8 Å². The second-order valence-corrected chi connectivity index (χ2v) is 6.44. The number of aryl methyl sites for hydroxylation is 1. The van der Waals surface area contributed by atoms with Crippen molar-refractivity contribution in [2.45, 2.75) is 63.9 Å². The number of hydrogen-bond acceptors (Lipinski definition) is 3. The molecule has 2 N–H and O–H groups in total. The molecule has 2 rings (SSSR count). The van der Waals surface area contributed by atoms with Crippen LogP contribution in [0.1, 0.15) is 56.9 Å². The Morgan fingerprint density at radius 3 is 2.42 bits per heavy atom. The van der Waals surface area contributed by atoms with E-state index in [2.05, 4.69) is 12.1 Å². The second kappa shape index (κ2) is 9.38. The van der Waals surface area contributed by atoms with Gasteiger partial charge in [-0.3, -0.25) is 9.59 Å².